The maximum Gasteiger partial charge on any atom is 0.108 e. The summed E-state index contributed by atoms with van der Waals surface area (Å²) >= 11 is 0. The minimum absolute atomic E-state index is 0.287. The molecule has 2 rings (SSSR count). The van der Waals surface area contributed by atoms with E-state index in [1.807, 2.05) is 6.92 Å². The number of hydrogen-bond acceptors (Lipinski definition) is 3. The van der Waals surface area contributed by atoms with Gasteiger partial charge in [-0.15, -0.1) is 0 Å². The van der Waals surface area contributed by atoms with E-state index in [0.717, 1.165) is 19.4 Å². The molecule has 2 unspecified atom stereocenters. The number of aromatic nitrogens is 2. The summed E-state index contributed by atoms with van der Waals surface area (Å²) in [5.41, 5.74) is 0.714. The highest BCUT2D eigenvalue weighted by Crippen LogP contribution is 2.37. The maximum atomic E-state index is 9.80. The van der Waals surface area contributed by atoms with Gasteiger partial charge in [0.25, 0.3) is 0 Å². The summed E-state index contributed by atoms with van der Waals surface area (Å²) in [4.78, 5) is 0. The van der Waals surface area contributed by atoms with Crippen molar-refractivity contribution in [1.29, 1.82) is 0 Å². The molecule has 78 valence electrons. The van der Waals surface area contributed by atoms with Gasteiger partial charge in [-0.1, -0.05) is 0 Å². The number of hydrogen-bond donors (Lipinski definition) is 2. The molecule has 1 aromatic rings. The smallest absolute Gasteiger partial charge is 0.108 e. The van der Waals surface area contributed by atoms with E-state index in [1.54, 1.807) is 17.1 Å². The summed E-state index contributed by atoms with van der Waals surface area (Å²) < 4.78 is 1.75. The molecule has 0 aliphatic heterocycles. The van der Waals surface area contributed by atoms with Crippen LogP contribution in [0.2, 0.25) is 0 Å². The van der Waals surface area contributed by atoms with Gasteiger partial charge in [-0.25, -0.2) is 0 Å². The Morgan fingerprint density at radius 2 is 2.29 bits per heavy atom. The molecule has 0 aromatic carbocycles. The molecule has 1 fully saturated rings. The predicted molar refractivity (Wildman–Crippen MR) is 51.6 cm³/mol. The van der Waals surface area contributed by atoms with E-state index in [-0.39, 0.29) is 5.92 Å². The fourth-order valence-electron chi connectivity index (χ4n) is 1.60. The topological polar surface area (TPSA) is 58.3 Å². The third-order valence-electron chi connectivity index (χ3n) is 2.75. The molecule has 4 nitrogen and oxygen atoms in total. The highest BCUT2D eigenvalue weighted by atomic mass is 16.3. The largest absolute Gasteiger partial charge is 0.390 e. The minimum Gasteiger partial charge on any atom is -0.390 e. The molecule has 1 aliphatic rings. The van der Waals surface area contributed by atoms with Crippen LogP contribution in [0.3, 0.4) is 0 Å². The molecule has 1 saturated carbocycles. The van der Waals surface area contributed by atoms with Crippen molar-refractivity contribution in [3.8, 4) is 0 Å². The van der Waals surface area contributed by atoms with E-state index in [4.69, 9.17) is 0 Å². The monoisotopic (exact) mass is 196 g/mol. The van der Waals surface area contributed by atoms with Gasteiger partial charge in [0, 0.05) is 18.3 Å². The van der Waals surface area contributed by atoms with Crippen molar-refractivity contribution in [3.63, 3.8) is 0 Å². The zero-order valence-corrected chi connectivity index (χ0v) is 8.30. The molecule has 2 N–H and O–H groups in total. The van der Waals surface area contributed by atoms with Gasteiger partial charge < -0.3 is 10.2 Å². The van der Waals surface area contributed by atoms with Crippen LogP contribution in [0.4, 0.5) is 0 Å². The number of rotatable bonds is 4. The van der Waals surface area contributed by atoms with Crippen LogP contribution in [-0.4, -0.2) is 26.1 Å². The van der Waals surface area contributed by atoms with Crippen LogP contribution in [0.15, 0.2) is 12.4 Å². The molecular weight excluding hydrogens is 180 g/mol. The first-order chi connectivity index (χ1) is 6.72. The van der Waals surface area contributed by atoms with Crippen molar-refractivity contribution in [1.82, 2.24) is 9.78 Å². The molecule has 0 bridgehead atoms. The second kappa shape index (κ2) is 3.71. The second-order valence-electron chi connectivity index (χ2n) is 3.90. The molecule has 1 aliphatic carbocycles. The number of aliphatic hydroxyl groups excluding tert-OH is 2. The highest BCUT2D eigenvalue weighted by molar-refractivity contribution is 5.11. The van der Waals surface area contributed by atoms with E-state index in [0.29, 0.717) is 5.56 Å². The lowest BCUT2D eigenvalue weighted by molar-refractivity contribution is 0.00480. The number of aliphatic hydroxyl groups is 2. The fourth-order valence-corrected chi connectivity index (χ4v) is 1.60. The van der Waals surface area contributed by atoms with E-state index >= 15 is 0 Å². The summed E-state index contributed by atoms with van der Waals surface area (Å²) in [6.07, 6.45) is 4.07. The standard InChI is InChI=1S/C10H16N2O2/c1-2-12-6-8(5-11-12)10(14)9(13)7-3-4-7/h5-7,9-10,13-14H,2-4H2,1H3. The highest BCUT2D eigenvalue weighted by Gasteiger charge is 2.35. The quantitative estimate of drug-likeness (QED) is 0.745. The normalized spacial score (nSPS) is 20.8. The summed E-state index contributed by atoms with van der Waals surface area (Å²) in [5, 5.41) is 23.6. The summed E-state index contributed by atoms with van der Waals surface area (Å²) in [6, 6.07) is 0. The number of aryl methyl sites for hydroxylation is 1. The van der Waals surface area contributed by atoms with Gasteiger partial charge in [0.1, 0.15) is 6.10 Å². The molecule has 1 heterocycles. The maximum absolute atomic E-state index is 9.80. The average Bonchev–Trinajstić information content (AvgIpc) is 2.94. The van der Waals surface area contributed by atoms with Crippen LogP contribution in [0.5, 0.6) is 0 Å². The van der Waals surface area contributed by atoms with Gasteiger partial charge in [-0.2, -0.15) is 5.10 Å². The lowest BCUT2D eigenvalue weighted by Gasteiger charge is -2.15. The lowest BCUT2D eigenvalue weighted by Crippen LogP contribution is -2.19. The first-order valence-corrected chi connectivity index (χ1v) is 5.11. The van der Waals surface area contributed by atoms with Crippen molar-refractivity contribution >= 4 is 0 Å². The Morgan fingerprint density at radius 1 is 1.57 bits per heavy atom. The van der Waals surface area contributed by atoms with Crippen LogP contribution in [0.1, 0.15) is 31.4 Å². The first-order valence-electron chi connectivity index (χ1n) is 5.11. The molecule has 14 heavy (non-hydrogen) atoms. The number of nitrogens with zero attached hydrogens (tertiary/aromatic N) is 2. The first kappa shape index (κ1) is 9.68. The van der Waals surface area contributed by atoms with Crippen LogP contribution in [-0.2, 0) is 6.54 Å². The van der Waals surface area contributed by atoms with E-state index in [9.17, 15) is 10.2 Å². The van der Waals surface area contributed by atoms with Gasteiger partial charge in [-0.05, 0) is 25.7 Å². The van der Waals surface area contributed by atoms with Gasteiger partial charge in [0.05, 0.1) is 12.3 Å². The van der Waals surface area contributed by atoms with Gasteiger partial charge in [0.2, 0.25) is 0 Å². The Kier molecular flexibility index (Phi) is 2.56. The molecule has 0 radical (unpaired) electrons. The Labute approximate surface area is 83.2 Å². The summed E-state index contributed by atoms with van der Waals surface area (Å²) in [6.45, 7) is 2.77. The molecule has 0 saturated heterocycles. The van der Waals surface area contributed by atoms with E-state index in [2.05, 4.69) is 5.10 Å². The third kappa shape index (κ3) is 1.81. The van der Waals surface area contributed by atoms with E-state index in [1.165, 1.54) is 0 Å². The molecular formula is C10H16N2O2. The minimum atomic E-state index is -0.775. The Morgan fingerprint density at radius 3 is 2.79 bits per heavy atom. The van der Waals surface area contributed by atoms with Gasteiger partial charge >= 0.3 is 0 Å². The third-order valence-corrected chi connectivity index (χ3v) is 2.75. The van der Waals surface area contributed by atoms with Crippen molar-refractivity contribution in [2.24, 2.45) is 5.92 Å². The van der Waals surface area contributed by atoms with Gasteiger partial charge in [-0.3, -0.25) is 4.68 Å². The van der Waals surface area contributed by atoms with Crippen LogP contribution in [0.25, 0.3) is 0 Å². The molecule has 0 spiro atoms. The van der Waals surface area contributed by atoms with Crippen molar-refractivity contribution in [2.75, 3.05) is 0 Å². The summed E-state index contributed by atoms with van der Waals surface area (Å²) in [5.74, 6) is 0.287. The summed E-state index contributed by atoms with van der Waals surface area (Å²) in [7, 11) is 0. The predicted octanol–water partition coefficient (Wildman–Crippen LogP) is 0.707. The van der Waals surface area contributed by atoms with Crippen LogP contribution in [0, 0.1) is 5.92 Å². The molecule has 2 atom stereocenters. The van der Waals surface area contributed by atoms with Crippen molar-refractivity contribution < 1.29 is 10.2 Å². The Bertz CT molecular complexity index is 307. The molecule has 4 heteroatoms. The lowest BCUT2D eigenvalue weighted by atomic mass is 10.0. The van der Waals surface area contributed by atoms with Crippen molar-refractivity contribution in [2.45, 2.75) is 38.5 Å². The average molecular weight is 196 g/mol. The molecule has 1 aromatic heterocycles. The second-order valence-corrected chi connectivity index (χ2v) is 3.90. The SMILES string of the molecule is CCn1cc(C(O)C(O)C2CC2)cn1. The molecule has 0 amide bonds. The Hall–Kier alpha value is -0.870. The van der Waals surface area contributed by atoms with Gasteiger partial charge in [0.15, 0.2) is 0 Å². The zero-order chi connectivity index (χ0) is 10.1. The van der Waals surface area contributed by atoms with E-state index < -0.39 is 12.2 Å². The van der Waals surface area contributed by atoms with Crippen LogP contribution < -0.4 is 0 Å². The Balaban J connectivity index is 2.05. The van der Waals surface area contributed by atoms with Crippen LogP contribution >= 0.6 is 0 Å². The van der Waals surface area contributed by atoms with Crippen molar-refractivity contribution in [3.05, 3.63) is 18.0 Å². The fraction of sp³-hybridized carbons (Fsp3) is 0.700. The zero-order valence-electron chi connectivity index (χ0n) is 8.30.